The van der Waals surface area contributed by atoms with Crippen molar-refractivity contribution in [3.8, 4) is 5.75 Å². The molecule has 0 heterocycles. The highest BCUT2D eigenvalue weighted by Gasteiger charge is 2.32. The molecular formula is C8H4ClF3O2S. The summed E-state index contributed by atoms with van der Waals surface area (Å²) in [5, 5.41) is -1.03. The Bertz CT molecular complexity index is 392. The van der Waals surface area contributed by atoms with Gasteiger partial charge >= 0.3 is 6.36 Å². The van der Waals surface area contributed by atoms with Crippen LogP contribution in [0.25, 0.3) is 0 Å². The van der Waals surface area contributed by atoms with Crippen LogP contribution in [0.4, 0.5) is 13.2 Å². The van der Waals surface area contributed by atoms with Crippen LogP contribution in [0.5, 0.6) is 5.75 Å². The molecule has 1 aromatic carbocycles. The Morgan fingerprint density at radius 3 is 2.47 bits per heavy atom. The molecule has 0 aromatic heterocycles. The topological polar surface area (TPSA) is 26.3 Å². The number of thiol groups is 1. The number of benzene rings is 1. The Morgan fingerprint density at radius 2 is 2.00 bits per heavy atom. The molecule has 15 heavy (non-hydrogen) atoms. The van der Waals surface area contributed by atoms with E-state index in [0.717, 1.165) is 12.1 Å². The number of carbonyl (C=O) groups is 1. The first kappa shape index (κ1) is 12.2. The maximum atomic E-state index is 11.9. The van der Waals surface area contributed by atoms with E-state index >= 15 is 0 Å². The van der Waals surface area contributed by atoms with Crippen molar-refractivity contribution in [2.45, 2.75) is 11.3 Å². The minimum atomic E-state index is -4.87. The molecule has 0 radical (unpaired) electrons. The van der Waals surface area contributed by atoms with E-state index in [2.05, 4.69) is 17.4 Å². The second-order valence-corrected chi connectivity index (χ2v) is 3.36. The van der Waals surface area contributed by atoms with E-state index in [1.54, 1.807) is 0 Å². The van der Waals surface area contributed by atoms with Gasteiger partial charge in [-0.05, 0) is 29.8 Å². The SMILES string of the molecule is O=C(Cl)c1ccc(S)cc1OC(F)(F)F. The smallest absolute Gasteiger partial charge is 0.405 e. The zero-order valence-corrected chi connectivity index (χ0v) is 8.66. The molecule has 82 valence electrons. The van der Waals surface area contributed by atoms with Gasteiger partial charge in [0.1, 0.15) is 5.75 Å². The van der Waals surface area contributed by atoms with Gasteiger partial charge in [0.2, 0.25) is 0 Å². The van der Waals surface area contributed by atoms with Crippen LogP contribution in [-0.4, -0.2) is 11.6 Å². The number of carbonyl (C=O) groups excluding carboxylic acids is 1. The third kappa shape index (κ3) is 3.64. The van der Waals surface area contributed by atoms with Crippen molar-refractivity contribution in [1.82, 2.24) is 0 Å². The van der Waals surface area contributed by atoms with Crippen LogP contribution in [0.15, 0.2) is 23.1 Å². The van der Waals surface area contributed by atoms with Gasteiger partial charge in [0, 0.05) is 4.90 Å². The van der Waals surface area contributed by atoms with Gasteiger partial charge in [-0.3, -0.25) is 4.79 Å². The van der Waals surface area contributed by atoms with Crippen molar-refractivity contribution in [2.24, 2.45) is 0 Å². The van der Waals surface area contributed by atoms with Gasteiger partial charge in [-0.1, -0.05) is 0 Å². The van der Waals surface area contributed by atoms with Gasteiger partial charge in [0.15, 0.2) is 0 Å². The average Bonchev–Trinajstić information content (AvgIpc) is 1.99. The molecule has 0 aliphatic heterocycles. The molecule has 0 saturated carbocycles. The summed E-state index contributed by atoms with van der Waals surface area (Å²) in [4.78, 5) is 11.0. The number of rotatable bonds is 2. The Morgan fingerprint density at radius 1 is 1.40 bits per heavy atom. The molecule has 7 heteroatoms. The highest BCUT2D eigenvalue weighted by atomic mass is 35.5. The average molecular weight is 257 g/mol. The summed E-state index contributed by atoms with van der Waals surface area (Å²) >= 11 is 8.90. The Hall–Kier alpha value is -0.880. The monoisotopic (exact) mass is 256 g/mol. The van der Waals surface area contributed by atoms with E-state index < -0.39 is 17.4 Å². The summed E-state index contributed by atoms with van der Waals surface area (Å²) in [5.74, 6) is -0.657. The molecule has 0 N–H and O–H groups in total. The van der Waals surface area contributed by atoms with Crippen LogP contribution < -0.4 is 4.74 Å². The third-order valence-electron chi connectivity index (χ3n) is 1.40. The number of hydrogen-bond acceptors (Lipinski definition) is 3. The Balaban J connectivity index is 3.13. The lowest BCUT2D eigenvalue weighted by Gasteiger charge is -2.11. The summed E-state index contributed by atoms with van der Waals surface area (Å²) in [6.07, 6.45) is -4.87. The van der Waals surface area contributed by atoms with Crippen LogP contribution in [0, 0.1) is 0 Å². The molecule has 0 fully saturated rings. The highest BCUT2D eigenvalue weighted by molar-refractivity contribution is 7.80. The van der Waals surface area contributed by atoms with Gasteiger partial charge in [-0.25, -0.2) is 0 Å². The largest absolute Gasteiger partial charge is 0.573 e. The highest BCUT2D eigenvalue weighted by Crippen LogP contribution is 2.29. The molecule has 0 atom stereocenters. The summed E-state index contributed by atoms with van der Waals surface area (Å²) in [6, 6.07) is 3.41. The van der Waals surface area contributed by atoms with E-state index in [0.29, 0.717) is 0 Å². The van der Waals surface area contributed by atoms with Crippen LogP contribution in [0.3, 0.4) is 0 Å². The molecule has 0 amide bonds. The van der Waals surface area contributed by atoms with Crippen LogP contribution in [-0.2, 0) is 0 Å². The van der Waals surface area contributed by atoms with E-state index in [9.17, 15) is 18.0 Å². The molecule has 0 aliphatic rings. The summed E-state index contributed by atoms with van der Waals surface area (Å²) in [6.45, 7) is 0. The minimum Gasteiger partial charge on any atom is -0.405 e. The Kier molecular flexibility index (Phi) is 3.51. The zero-order chi connectivity index (χ0) is 11.6. The fraction of sp³-hybridized carbons (Fsp3) is 0.125. The van der Waals surface area contributed by atoms with Crippen molar-refractivity contribution >= 4 is 29.5 Å². The first-order valence-corrected chi connectivity index (χ1v) is 4.41. The molecule has 1 aromatic rings. The minimum absolute atomic E-state index is 0.232. The summed E-state index contributed by atoms with van der Waals surface area (Å²) < 4.78 is 39.4. The molecule has 0 unspecified atom stereocenters. The van der Waals surface area contributed by atoms with Crippen LogP contribution in [0.1, 0.15) is 10.4 Å². The standard InChI is InChI=1S/C8H4ClF3O2S/c9-7(13)5-2-1-4(15)3-6(5)14-8(10,11)12/h1-3,15H. The quantitative estimate of drug-likeness (QED) is 0.649. The molecule has 0 saturated heterocycles. The fourth-order valence-corrected chi connectivity index (χ4v) is 1.23. The maximum absolute atomic E-state index is 11.9. The van der Waals surface area contributed by atoms with Gasteiger partial charge in [0.05, 0.1) is 5.56 Å². The molecule has 0 bridgehead atoms. The van der Waals surface area contributed by atoms with E-state index in [4.69, 9.17) is 11.6 Å². The number of halogens is 4. The van der Waals surface area contributed by atoms with Crippen molar-refractivity contribution in [3.05, 3.63) is 23.8 Å². The lowest BCUT2D eigenvalue weighted by molar-refractivity contribution is -0.274. The van der Waals surface area contributed by atoms with Crippen molar-refractivity contribution in [3.63, 3.8) is 0 Å². The molecular weight excluding hydrogens is 253 g/mol. The second kappa shape index (κ2) is 4.32. The normalized spacial score (nSPS) is 11.3. The van der Waals surface area contributed by atoms with Gasteiger partial charge in [-0.15, -0.1) is 25.8 Å². The number of hydrogen-bond donors (Lipinski definition) is 1. The molecule has 2 nitrogen and oxygen atoms in total. The van der Waals surface area contributed by atoms with Gasteiger partial charge in [0.25, 0.3) is 5.24 Å². The van der Waals surface area contributed by atoms with Crippen molar-refractivity contribution in [1.29, 1.82) is 0 Å². The molecule has 0 aliphatic carbocycles. The van der Waals surface area contributed by atoms with Gasteiger partial charge in [-0.2, -0.15) is 0 Å². The van der Waals surface area contributed by atoms with Crippen LogP contribution >= 0.6 is 24.2 Å². The van der Waals surface area contributed by atoms with Crippen molar-refractivity contribution < 1.29 is 22.7 Å². The summed E-state index contributed by atoms with van der Waals surface area (Å²) in [7, 11) is 0. The fourth-order valence-electron chi connectivity index (χ4n) is 0.883. The van der Waals surface area contributed by atoms with Crippen LogP contribution in [0.2, 0.25) is 0 Å². The first-order chi connectivity index (χ1) is 6.79. The number of alkyl halides is 3. The molecule has 1 rings (SSSR count). The second-order valence-electron chi connectivity index (χ2n) is 2.50. The zero-order valence-electron chi connectivity index (χ0n) is 7.01. The molecule has 0 spiro atoms. The van der Waals surface area contributed by atoms with Crippen molar-refractivity contribution in [2.75, 3.05) is 0 Å². The maximum Gasteiger partial charge on any atom is 0.573 e. The number of ether oxygens (including phenoxy) is 1. The van der Waals surface area contributed by atoms with Gasteiger partial charge < -0.3 is 4.74 Å². The summed E-state index contributed by atoms with van der Waals surface area (Å²) in [5.41, 5.74) is -0.355. The van der Waals surface area contributed by atoms with E-state index in [1.165, 1.54) is 6.07 Å². The predicted molar refractivity (Wildman–Crippen MR) is 50.6 cm³/mol. The van der Waals surface area contributed by atoms with E-state index in [1.807, 2.05) is 0 Å². The Labute approximate surface area is 93.4 Å². The third-order valence-corrected chi connectivity index (χ3v) is 1.88. The lowest BCUT2D eigenvalue weighted by atomic mass is 10.2. The first-order valence-electron chi connectivity index (χ1n) is 3.58. The lowest BCUT2D eigenvalue weighted by Crippen LogP contribution is -2.18. The van der Waals surface area contributed by atoms with E-state index in [-0.39, 0.29) is 10.5 Å². The predicted octanol–water partition coefficient (Wildman–Crippen LogP) is 3.25.